The molecule has 0 unspecified atom stereocenters. The lowest BCUT2D eigenvalue weighted by Gasteiger charge is -2.33. The van der Waals surface area contributed by atoms with Crippen molar-refractivity contribution in [2.45, 2.75) is 77.0 Å². The highest BCUT2D eigenvalue weighted by Gasteiger charge is 2.33. The minimum Gasteiger partial charge on any atom is -0.463 e. The van der Waals surface area contributed by atoms with E-state index >= 15 is 0 Å². The second-order valence-electron chi connectivity index (χ2n) is 11.2. The molecule has 288 valence electrons. The zero-order valence-corrected chi connectivity index (χ0v) is 35.1. The standard InChI is InChI=1S/C33H56Br4O12/c34-13-5-1-9-29(38)46-21-17-42-25-33(26-43-18-22-47-30(39)10-2-6-14-35,27-44-19-23-48-31(40)11-3-7-15-36)28-45-20-24-49-32(41)12-4-8-16-37/h1-28H2. The van der Waals surface area contributed by atoms with Crippen molar-refractivity contribution in [1.82, 2.24) is 0 Å². The molecular weight excluding hydrogens is 908 g/mol. The van der Waals surface area contributed by atoms with Gasteiger partial charge in [-0.15, -0.1) is 0 Å². The third-order valence-corrected chi connectivity index (χ3v) is 8.90. The minimum atomic E-state index is -0.834. The van der Waals surface area contributed by atoms with E-state index in [9.17, 15) is 19.2 Å². The molecule has 0 aromatic heterocycles. The molecule has 0 aliphatic rings. The molecule has 0 N–H and O–H groups in total. The average molecular weight is 964 g/mol. The second-order valence-corrected chi connectivity index (χ2v) is 14.3. The molecule has 0 aromatic carbocycles. The highest BCUT2D eigenvalue weighted by Crippen LogP contribution is 2.21. The molecule has 0 rings (SSSR count). The molecule has 49 heavy (non-hydrogen) atoms. The molecule has 0 saturated carbocycles. The minimum absolute atomic E-state index is 0.0902. The highest BCUT2D eigenvalue weighted by atomic mass is 79.9. The van der Waals surface area contributed by atoms with Crippen molar-refractivity contribution >= 4 is 87.6 Å². The molecule has 16 heteroatoms. The van der Waals surface area contributed by atoms with Crippen LogP contribution < -0.4 is 0 Å². The maximum Gasteiger partial charge on any atom is 0.305 e. The van der Waals surface area contributed by atoms with Gasteiger partial charge >= 0.3 is 23.9 Å². The molecule has 0 spiro atoms. The van der Waals surface area contributed by atoms with Crippen molar-refractivity contribution in [3.8, 4) is 0 Å². The summed E-state index contributed by atoms with van der Waals surface area (Å²) in [4.78, 5) is 47.9. The Kier molecular flexibility index (Phi) is 35.8. The Hall–Kier alpha value is -0.360. The summed E-state index contributed by atoms with van der Waals surface area (Å²) in [6.07, 6.45) is 7.87. The van der Waals surface area contributed by atoms with Crippen LogP contribution in [0.5, 0.6) is 0 Å². The summed E-state index contributed by atoms with van der Waals surface area (Å²) in [5, 5.41) is 3.32. The molecule has 0 radical (unpaired) electrons. The fourth-order valence-electron chi connectivity index (χ4n) is 4.01. The number of carbonyl (C=O) groups excluding carboxylic acids is 4. The molecule has 0 aliphatic heterocycles. The summed E-state index contributed by atoms with van der Waals surface area (Å²) in [7, 11) is 0. The predicted octanol–water partition coefficient (Wildman–Crippen LogP) is 6.47. The molecule has 0 fully saturated rings. The molecular formula is C33H56Br4O12. The summed E-state index contributed by atoms with van der Waals surface area (Å²) in [5.74, 6) is -1.13. The van der Waals surface area contributed by atoms with Gasteiger partial charge in [0.05, 0.1) is 58.3 Å². The van der Waals surface area contributed by atoms with Gasteiger partial charge in [-0.05, 0) is 51.4 Å². The van der Waals surface area contributed by atoms with Gasteiger partial charge in [-0.2, -0.15) is 0 Å². The van der Waals surface area contributed by atoms with Crippen LogP contribution in [0.15, 0.2) is 0 Å². The number of hydrogen-bond acceptors (Lipinski definition) is 12. The molecule has 0 atom stereocenters. The van der Waals surface area contributed by atoms with Gasteiger partial charge in [-0.3, -0.25) is 19.2 Å². The number of alkyl halides is 4. The quantitative estimate of drug-likeness (QED) is 0.0294. The van der Waals surface area contributed by atoms with E-state index in [2.05, 4.69) is 63.7 Å². The lowest BCUT2D eigenvalue weighted by atomic mass is 9.92. The topological polar surface area (TPSA) is 142 Å². The van der Waals surface area contributed by atoms with Crippen LogP contribution in [0.25, 0.3) is 0 Å². The number of hydrogen-bond donors (Lipinski definition) is 0. The second kappa shape index (κ2) is 36.0. The fourth-order valence-corrected chi connectivity index (χ4v) is 5.59. The SMILES string of the molecule is O=C(CCCCBr)OCCOCC(COCCOC(=O)CCCCBr)(COCCOC(=O)CCCCBr)COCCOC(=O)CCCCBr. The summed E-state index contributed by atoms with van der Waals surface area (Å²) in [5.41, 5.74) is -0.834. The normalized spacial score (nSPS) is 11.3. The Labute approximate surface area is 325 Å². The molecule has 0 heterocycles. The van der Waals surface area contributed by atoms with Gasteiger partial charge in [0.1, 0.15) is 26.4 Å². The van der Waals surface area contributed by atoms with Crippen LogP contribution in [0.2, 0.25) is 0 Å². The summed E-state index contributed by atoms with van der Waals surface area (Å²) in [6, 6.07) is 0. The van der Waals surface area contributed by atoms with E-state index in [0.717, 1.165) is 72.7 Å². The lowest BCUT2D eigenvalue weighted by molar-refractivity contribution is -0.151. The van der Waals surface area contributed by atoms with Crippen molar-refractivity contribution in [3.05, 3.63) is 0 Å². The first-order chi connectivity index (χ1) is 23.8. The number of unbranched alkanes of at least 4 members (excludes halogenated alkanes) is 4. The van der Waals surface area contributed by atoms with Crippen molar-refractivity contribution in [1.29, 1.82) is 0 Å². The highest BCUT2D eigenvalue weighted by molar-refractivity contribution is 9.09. The van der Waals surface area contributed by atoms with Crippen LogP contribution in [0.1, 0.15) is 77.0 Å². The number of carbonyl (C=O) groups is 4. The van der Waals surface area contributed by atoms with Gasteiger partial charge in [0, 0.05) is 47.0 Å². The van der Waals surface area contributed by atoms with Gasteiger partial charge in [0.15, 0.2) is 0 Å². The number of ether oxygens (including phenoxy) is 8. The van der Waals surface area contributed by atoms with Gasteiger partial charge in [0.2, 0.25) is 0 Å². The summed E-state index contributed by atoms with van der Waals surface area (Å²) >= 11 is 13.4. The van der Waals surface area contributed by atoms with Crippen molar-refractivity contribution < 1.29 is 57.1 Å². The Morgan fingerprint density at radius 3 is 0.776 bits per heavy atom. The molecule has 0 amide bonds. The van der Waals surface area contributed by atoms with Crippen LogP contribution in [0, 0.1) is 5.41 Å². The zero-order chi connectivity index (χ0) is 36.3. The largest absolute Gasteiger partial charge is 0.463 e. The first-order valence-electron chi connectivity index (χ1n) is 17.0. The van der Waals surface area contributed by atoms with Crippen LogP contribution in [0.4, 0.5) is 0 Å². The fraction of sp³-hybridized carbons (Fsp3) is 0.879. The third-order valence-electron chi connectivity index (χ3n) is 6.65. The molecule has 0 saturated heterocycles. The number of esters is 4. The van der Waals surface area contributed by atoms with Gasteiger partial charge < -0.3 is 37.9 Å². The van der Waals surface area contributed by atoms with E-state index in [4.69, 9.17) is 37.9 Å². The third kappa shape index (κ3) is 32.1. The van der Waals surface area contributed by atoms with Crippen molar-refractivity contribution in [3.63, 3.8) is 0 Å². The van der Waals surface area contributed by atoms with Crippen molar-refractivity contribution in [2.24, 2.45) is 5.41 Å². The Morgan fingerprint density at radius 1 is 0.347 bits per heavy atom. The first kappa shape index (κ1) is 48.6. The Morgan fingerprint density at radius 2 is 0.571 bits per heavy atom. The maximum absolute atomic E-state index is 12.0. The molecule has 0 bridgehead atoms. The van der Waals surface area contributed by atoms with E-state index in [-0.39, 0.29) is 103 Å². The monoisotopic (exact) mass is 960 g/mol. The van der Waals surface area contributed by atoms with Crippen LogP contribution >= 0.6 is 63.7 Å². The van der Waals surface area contributed by atoms with E-state index in [1.807, 2.05) is 0 Å². The molecule has 12 nitrogen and oxygen atoms in total. The zero-order valence-electron chi connectivity index (χ0n) is 28.7. The number of rotatable bonds is 36. The Balaban J connectivity index is 5.23. The van der Waals surface area contributed by atoms with Gasteiger partial charge in [-0.1, -0.05) is 63.7 Å². The smallest absolute Gasteiger partial charge is 0.305 e. The summed E-state index contributed by atoms with van der Waals surface area (Å²) in [6.45, 7) is 1.45. The van der Waals surface area contributed by atoms with Crippen LogP contribution in [-0.4, -0.2) is 124 Å². The van der Waals surface area contributed by atoms with E-state index in [0.29, 0.717) is 25.7 Å². The number of halogens is 4. The summed E-state index contributed by atoms with van der Waals surface area (Å²) < 4.78 is 44.9. The van der Waals surface area contributed by atoms with E-state index in [1.54, 1.807) is 0 Å². The predicted molar refractivity (Wildman–Crippen MR) is 200 cm³/mol. The van der Waals surface area contributed by atoms with Crippen molar-refractivity contribution in [2.75, 3.05) is 101 Å². The average Bonchev–Trinajstić information content (AvgIpc) is 3.08. The van der Waals surface area contributed by atoms with Crippen LogP contribution in [0.3, 0.4) is 0 Å². The van der Waals surface area contributed by atoms with E-state index < -0.39 is 5.41 Å². The molecule has 0 aliphatic carbocycles. The Bertz CT molecular complexity index is 704. The van der Waals surface area contributed by atoms with Gasteiger partial charge in [0.25, 0.3) is 0 Å². The maximum atomic E-state index is 12.0. The van der Waals surface area contributed by atoms with E-state index in [1.165, 1.54) is 0 Å². The molecule has 0 aromatic rings. The first-order valence-corrected chi connectivity index (χ1v) is 21.5. The lowest BCUT2D eigenvalue weighted by Crippen LogP contribution is -2.43. The van der Waals surface area contributed by atoms with Crippen LogP contribution in [-0.2, 0) is 57.1 Å². The van der Waals surface area contributed by atoms with Gasteiger partial charge in [-0.25, -0.2) is 0 Å².